The van der Waals surface area contributed by atoms with Crippen LogP contribution in [-0.4, -0.2) is 27.4 Å². The van der Waals surface area contributed by atoms with Crippen LogP contribution in [0.2, 0.25) is 0 Å². The lowest BCUT2D eigenvalue weighted by Gasteiger charge is -2.54. The summed E-state index contributed by atoms with van der Waals surface area (Å²) in [4.78, 5) is 11.7. The number of carboxylic acids is 1. The van der Waals surface area contributed by atoms with E-state index < -0.39 is 28.7 Å². The quantitative estimate of drug-likeness (QED) is 0.812. The molecular formula is C24H30O4. The van der Waals surface area contributed by atoms with E-state index in [1.54, 1.807) is 13.8 Å². The van der Waals surface area contributed by atoms with Crippen LogP contribution in [0.25, 0.3) is 0 Å². The van der Waals surface area contributed by atoms with E-state index in [1.807, 2.05) is 69.3 Å². The molecule has 4 nitrogen and oxygen atoms in total. The van der Waals surface area contributed by atoms with E-state index in [9.17, 15) is 15.0 Å². The molecule has 1 fully saturated rings. The topological polar surface area (TPSA) is 66.8 Å². The molecule has 3 rings (SSSR count). The smallest absolute Gasteiger partial charge is 0.309 e. The molecule has 1 aliphatic heterocycles. The predicted octanol–water partition coefficient (Wildman–Crippen LogP) is 4.59. The fourth-order valence-electron chi connectivity index (χ4n) is 4.51. The molecule has 2 aromatic carbocycles. The number of carbonyl (C=O) groups is 1. The van der Waals surface area contributed by atoms with E-state index in [2.05, 4.69) is 0 Å². The van der Waals surface area contributed by atoms with E-state index in [0.717, 1.165) is 22.3 Å². The third-order valence-corrected chi connectivity index (χ3v) is 6.24. The molecule has 1 heterocycles. The minimum Gasteiger partial charge on any atom is -0.481 e. The maximum atomic E-state index is 12.2. The van der Waals surface area contributed by atoms with Crippen molar-refractivity contribution in [3.8, 4) is 0 Å². The van der Waals surface area contributed by atoms with Gasteiger partial charge >= 0.3 is 5.97 Å². The zero-order chi connectivity index (χ0) is 20.7. The van der Waals surface area contributed by atoms with Gasteiger partial charge in [0.05, 0.1) is 11.5 Å². The maximum absolute atomic E-state index is 12.2. The molecule has 0 amide bonds. The SMILES string of the molecule is Cc1ccc(C(O)(c2ccc(C)cc2)[C@@]2(C)CC[C@@H](C(=O)O)C(C)(C)O2)cc1. The van der Waals surface area contributed by atoms with Crippen LogP contribution in [0, 0.1) is 19.8 Å². The lowest BCUT2D eigenvalue weighted by molar-refractivity contribution is -0.257. The minimum absolute atomic E-state index is 0.436. The molecule has 0 aliphatic carbocycles. The Bertz CT molecular complexity index is 806. The lowest BCUT2D eigenvalue weighted by Crippen LogP contribution is -2.61. The van der Waals surface area contributed by atoms with Crippen LogP contribution in [0.5, 0.6) is 0 Å². The van der Waals surface area contributed by atoms with E-state index in [1.165, 1.54) is 0 Å². The molecular weight excluding hydrogens is 352 g/mol. The van der Waals surface area contributed by atoms with Crippen molar-refractivity contribution in [1.82, 2.24) is 0 Å². The molecule has 0 bridgehead atoms. The molecule has 2 N–H and O–H groups in total. The van der Waals surface area contributed by atoms with Crippen LogP contribution in [-0.2, 0) is 15.1 Å². The summed E-state index contributed by atoms with van der Waals surface area (Å²) in [5.74, 6) is -1.47. The molecule has 4 heteroatoms. The maximum Gasteiger partial charge on any atom is 0.309 e. The van der Waals surface area contributed by atoms with Crippen molar-refractivity contribution >= 4 is 5.97 Å². The van der Waals surface area contributed by atoms with E-state index in [0.29, 0.717) is 12.8 Å². The van der Waals surface area contributed by atoms with Gasteiger partial charge in [0.25, 0.3) is 0 Å². The summed E-state index contributed by atoms with van der Waals surface area (Å²) < 4.78 is 6.44. The van der Waals surface area contributed by atoms with Crippen molar-refractivity contribution in [1.29, 1.82) is 0 Å². The number of hydrogen-bond acceptors (Lipinski definition) is 3. The van der Waals surface area contributed by atoms with E-state index >= 15 is 0 Å². The van der Waals surface area contributed by atoms with Gasteiger partial charge in [-0.05, 0) is 58.6 Å². The number of hydrogen-bond donors (Lipinski definition) is 2. The number of benzene rings is 2. The Morgan fingerprint density at radius 1 is 0.964 bits per heavy atom. The molecule has 1 saturated heterocycles. The van der Waals surface area contributed by atoms with Crippen LogP contribution >= 0.6 is 0 Å². The standard InChI is InChI=1S/C24H30O4/c1-16-6-10-18(11-7-16)24(27,19-12-8-17(2)9-13-19)23(5)15-14-20(21(25)26)22(3,4)28-23/h6-13,20,27H,14-15H2,1-5H3,(H,25,26)/t20-,23+/m0/s1. The Morgan fingerprint density at radius 2 is 1.39 bits per heavy atom. The number of aliphatic hydroxyl groups is 1. The van der Waals surface area contributed by atoms with Gasteiger partial charge < -0.3 is 14.9 Å². The van der Waals surface area contributed by atoms with Gasteiger partial charge in [-0.25, -0.2) is 0 Å². The first-order valence-corrected chi connectivity index (χ1v) is 9.79. The highest BCUT2D eigenvalue weighted by Gasteiger charge is 2.57. The molecule has 1 aliphatic rings. The van der Waals surface area contributed by atoms with Crippen LogP contribution in [0.15, 0.2) is 48.5 Å². The Labute approximate surface area is 167 Å². The summed E-state index contributed by atoms with van der Waals surface area (Å²) in [6, 6.07) is 15.6. The second kappa shape index (κ2) is 7.02. The van der Waals surface area contributed by atoms with Gasteiger partial charge in [0.1, 0.15) is 11.2 Å². The van der Waals surface area contributed by atoms with Crippen molar-refractivity contribution in [2.24, 2.45) is 5.92 Å². The first kappa shape index (κ1) is 20.6. The molecule has 0 unspecified atom stereocenters. The lowest BCUT2D eigenvalue weighted by atomic mass is 9.67. The number of aryl methyl sites for hydroxylation is 2. The highest BCUT2D eigenvalue weighted by atomic mass is 16.5. The number of aliphatic carboxylic acids is 1. The summed E-state index contributed by atoms with van der Waals surface area (Å²) in [6.07, 6.45) is 0.879. The largest absolute Gasteiger partial charge is 0.481 e. The molecule has 0 saturated carbocycles. The summed E-state index contributed by atoms with van der Waals surface area (Å²) in [7, 11) is 0. The molecule has 0 radical (unpaired) electrons. The van der Waals surface area contributed by atoms with Crippen molar-refractivity contribution in [3.63, 3.8) is 0 Å². The zero-order valence-corrected chi connectivity index (χ0v) is 17.3. The number of rotatable bonds is 4. The summed E-state index contributed by atoms with van der Waals surface area (Å²) in [6.45, 7) is 9.51. The van der Waals surface area contributed by atoms with Gasteiger partial charge in [0.2, 0.25) is 0 Å². The van der Waals surface area contributed by atoms with Gasteiger partial charge in [0, 0.05) is 0 Å². The van der Waals surface area contributed by atoms with Crippen LogP contribution in [0.1, 0.15) is 55.9 Å². The normalized spacial score (nSPS) is 24.7. The van der Waals surface area contributed by atoms with Crippen molar-refractivity contribution in [2.75, 3.05) is 0 Å². The predicted molar refractivity (Wildman–Crippen MR) is 109 cm³/mol. The van der Waals surface area contributed by atoms with Crippen LogP contribution < -0.4 is 0 Å². The fraction of sp³-hybridized carbons (Fsp3) is 0.458. The Kier molecular flexibility index (Phi) is 5.15. The summed E-state index contributed by atoms with van der Waals surface area (Å²) in [5, 5.41) is 21.8. The molecule has 0 spiro atoms. The Morgan fingerprint density at radius 3 is 1.75 bits per heavy atom. The number of carboxylic acid groups (broad SMARTS) is 1. The molecule has 28 heavy (non-hydrogen) atoms. The third kappa shape index (κ3) is 3.36. The van der Waals surface area contributed by atoms with Gasteiger partial charge in [-0.3, -0.25) is 4.79 Å². The van der Waals surface area contributed by atoms with Gasteiger partial charge in [0.15, 0.2) is 0 Å². The van der Waals surface area contributed by atoms with Gasteiger partial charge in [-0.15, -0.1) is 0 Å². The van der Waals surface area contributed by atoms with E-state index in [-0.39, 0.29) is 0 Å². The zero-order valence-electron chi connectivity index (χ0n) is 17.3. The fourth-order valence-corrected chi connectivity index (χ4v) is 4.51. The van der Waals surface area contributed by atoms with Crippen LogP contribution in [0.4, 0.5) is 0 Å². The molecule has 2 atom stereocenters. The molecule has 150 valence electrons. The highest BCUT2D eigenvalue weighted by molar-refractivity contribution is 5.71. The Hall–Kier alpha value is -2.17. The second-order valence-corrected chi connectivity index (χ2v) is 8.81. The summed E-state index contributed by atoms with van der Waals surface area (Å²) in [5.41, 5.74) is 0.416. The third-order valence-electron chi connectivity index (χ3n) is 6.24. The first-order valence-electron chi connectivity index (χ1n) is 9.79. The second-order valence-electron chi connectivity index (χ2n) is 8.81. The average Bonchev–Trinajstić information content (AvgIpc) is 2.61. The van der Waals surface area contributed by atoms with Crippen molar-refractivity contribution < 1.29 is 19.7 Å². The Balaban J connectivity index is 2.15. The van der Waals surface area contributed by atoms with Gasteiger partial charge in [-0.2, -0.15) is 0 Å². The van der Waals surface area contributed by atoms with Gasteiger partial charge in [-0.1, -0.05) is 59.7 Å². The van der Waals surface area contributed by atoms with E-state index in [4.69, 9.17) is 4.74 Å². The monoisotopic (exact) mass is 382 g/mol. The highest BCUT2D eigenvalue weighted by Crippen LogP contribution is 2.51. The average molecular weight is 383 g/mol. The van der Waals surface area contributed by atoms with Crippen LogP contribution in [0.3, 0.4) is 0 Å². The summed E-state index contributed by atoms with van der Waals surface area (Å²) >= 11 is 0. The molecule has 0 aromatic heterocycles. The minimum atomic E-state index is -1.41. The van der Waals surface area contributed by atoms with Crippen molar-refractivity contribution in [2.45, 2.75) is 64.3 Å². The first-order chi connectivity index (χ1) is 13.0. The van der Waals surface area contributed by atoms with Crippen molar-refractivity contribution in [3.05, 3.63) is 70.8 Å². The molecule has 2 aromatic rings. The number of ether oxygens (including phenoxy) is 1.